The Hall–Kier alpha value is 2.59. The second-order valence-electron chi connectivity index (χ2n) is 2.39. The summed E-state index contributed by atoms with van der Waals surface area (Å²) in [6, 6.07) is 8.71. The van der Waals surface area contributed by atoms with Crippen LogP contribution < -0.4 is 10.9 Å². The van der Waals surface area contributed by atoms with Crippen molar-refractivity contribution in [3.05, 3.63) is 30.3 Å². The molecule has 0 unspecified atom stereocenters. The molecule has 0 bridgehead atoms. The molecule has 0 aliphatic rings. The maximum atomic E-state index is 9.36. The third kappa shape index (κ3) is 6.03. The van der Waals surface area contributed by atoms with Gasteiger partial charge in [-0.05, 0) is 5.19 Å². The van der Waals surface area contributed by atoms with Gasteiger partial charge in [0, 0.05) is 6.17 Å². The molecule has 1 aromatic rings. The van der Waals surface area contributed by atoms with Crippen molar-refractivity contribution in [3.63, 3.8) is 0 Å². The third-order valence-corrected chi connectivity index (χ3v) is 3.35. The van der Waals surface area contributed by atoms with E-state index in [2.05, 4.69) is 0 Å². The van der Waals surface area contributed by atoms with E-state index in [1.54, 1.807) is 24.3 Å². The van der Waals surface area contributed by atoms with Gasteiger partial charge in [0.2, 0.25) is 0 Å². The van der Waals surface area contributed by atoms with Gasteiger partial charge in [-0.3, -0.25) is 0 Å². The standard InChI is InChI=1S/C7H11NO2Si.2K.2H/c8-6-11(9,10)7-4-2-1-3-5-7;;;;/h1-5,9-10H,6,8H2;;;;. The van der Waals surface area contributed by atoms with Gasteiger partial charge in [-0.1, -0.05) is 30.3 Å². The molecule has 0 heterocycles. The van der Waals surface area contributed by atoms with Crippen LogP contribution in [-0.4, -0.2) is 127 Å². The van der Waals surface area contributed by atoms with Crippen LogP contribution in [0.25, 0.3) is 0 Å². The van der Waals surface area contributed by atoms with Crippen molar-refractivity contribution in [1.82, 2.24) is 0 Å². The van der Waals surface area contributed by atoms with Crippen molar-refractivity contribution in [2.75, 3.05) is 6.17 Å². The number of hydrogen-bond acceptors (Lipinski definition) is 3. The molecule has 1 aromatic carbocycles. The molecule has 0 atom stereocenters. The van der Waals surface area contributed by atoms with Crippen molar-refractivity contribution in [2.24, 2.45) is 5.73 Å². The van der Waals surface area contributed by atoms with Gasteiger partial charge in [0.15, 0.2) is 0 Å². The van der Waals surface area contributed by atoms with Crippen LogP contribution >= 0.6 is 0 Å². The fourth-order valence-corrected chi connectivity index (χ4v) is 1.78. The Balaban J connectivity index is 0. The van der Waals surface area contributed by atoms with Gasteiger partial charge in [-0.2, -0.15) is 0 Å². The van der Waals surface area contributed by atoms with Crippen LogP contribution in [0.1, 0.15) is 0 Å². The molecule has 6 heteroatoms. The molecule has 0 aromatic heterocycles. The quantitative estimate of drug-likeness (QED) is 0.509. The van der Waals surface area contributed by atoms with Crippen molar-refractivity contribution < 1.29 is 9.59 Å². The number of nitrogens with two attached hydrogens (primary N) is 1. The van der Waals surface area contributed by atoms with E-state index in [0.29, 0.717) is 5.19 Å². The van der Waals surface area contributed by atoms with Crippen LogP contribution in [0.2, 0.25) is 0 Å². The number of hydrogen-bond donors (Lipinski definition) is 3. The van der Waals surface area contributed by atoms with Crippen LogP contribution in [0, 0.1) is 0 Å². The Labute approximate surface area is 164 Å². The van der Waals surface area contributed by atoms with E-state index in [1.807, 2.05) is 6.07 Å². The summed E-state index contributed by atoms with van der Waals surface area (Å²) < 4.78 is 0. The Kier molecular flexibility index (Phi) is 12.0. The summed E-state index contributed by atoms with van der Waals surface area (Å²) in [5, 5.41) is 0.558. The molecule has 0 spiro atoms. The van der Waals surface area contributed by atoms with Crippen molar-refractivity contribution in [2.45, 2.75) is 0 Å². The summed E-state index contributed by atoms with van der Waals surface area (Å²) in [5.41, 5.74) is 5.20. The first-order valence-corrected chi connectivity index (χ1v) is 5.47. The Bertz CT molecular complexity index is 233. The number of benzene rings is 1. The normalized spacial score (nSPS) is 9.77. The van der Waals surface area contributed by atoms with Crippen molar-refractivity contribution in [1.29, 1.82) is 0 Å². The molecule has 3 nitrogen and oxygen atoms in total. The summed E-state index contributed by atoms with van der Waals surface area (Å²) in [4.78, 5) is 18.7. The van der Waals surface area contributed by atoms with Crippen molar-refractivity contribution >= 4 is 117 Å². The summed E-state index contributed by atoms with van der Waals surface area (Å²) in [6.45, 7) is 0. The molecule has 0 saturated carbocycles. The zero-order chi connectivity index (χ0) is 8.32. The van der Waals surface area contributed by atoms with E-state index >= 15 is 0 Å². The van der Waals surface area contributed by atoms with E-state index in [4.69, 9.17) is 5.73 Å². The summed E-state index contributed by atoms with van der Waals surface area (Å²) in [6.07, 6.45) is -0.0585. The first-order chi connectivity index (χ1) is 5.17. The predicted octanol–water partition coefficient (Wildman–Crippen LogP) is -2.48. The van der Waals surface area contributed by atoms with Gasteiger partial charge in [-0.25, -0.2) is 0 Å². The Morgan fingerprint density at radius 2 is 1.54 bits per heavy atom. The average Bonchev–Trinajstić information content (AvgIpc) is 2.06. The molecular formula is C7H13K2NO2Si. The van der Waals surface area contributed by atoms with Gasteiger partial charge < -0.3 is 15.3 Å². The maximum absolute atomic E-state index is 9.36. The van der Waals surface area contributed by atoms with Gasteiger partial charge in [-0.15, -0.1) is 0 Å². The second-order valence-corrected chi connectivity index (χ2v) is 5.01. The van der Waals surface area contributed by atoms with E-state index in [0.717, 1.165) is 0 Å². The monoisotopic (exact) mass is 249 g/mol. The molecule has 0 fully saturated rings. The van der Waals surface area contributed by atoms with Crippen LogP contribution in [0.5, 0.6) is 0 Å². The molecule has 4 N–H and O–H groups in total. The topological polar surface area (TPSA) is 66.5 Å². The SMILES string of the molecule is NC[Si](O)(O)c1ccccc1.[KH].[KH]. The first-order valence-electron chi connectivity index (χ1n) is 3.37. The van der Waals surface area contributed by atoms with Crippen LogP contribution in [0.15, 0.2) is 30.3 Å². The van der Waals surface area contributed by atoms with Crippen LogP contribution in [0.3, 0.4) is 0 Å². The average molecular weight is 249 g/mol. The van der Waals surface area contributed by atoms with E-state index in [9.17, 15) is 9.59 Å². The summed E-state index contributed by atoms with van der Waals surface area (Å²) >= 11 is 0. The molecule has 0 radical (unpaired) electrons. The molecular weight excluding hydrogens is 236 g/mol. The number of rotatable bonds is 2. The summed E-state index contributed by atoms with van der Waals surface area (Å²) in [5.74, 6) is 0. The van der Waals surface area contributed by atoms with E-state index in [1.165, 1.54) is 0 Å². The van der Waals surface area contributed by atoms with Crippen LogP contribution in [0.4, 0.5) is 0 Å². The van der Waals surface area contributed by atoms with Crippen molar-refractivity contribution in [3.8, 4) is 0 Å². The fourth-order valence-electron chi connectivity index (χ4n) is 0.823. The molecule has 64 valence electrons. The Morgan fingerprint density at radius 1 is 1.08 bits per heavy atom. The van der Waals surface area contributed by atoms with Gasteiger partial charge in [0.05, 0.1) is 0 Å². The molecule has 0 aliphatic heterocycles. The molecule has 0 amide bonds. The minimum absolute atomic E-state index is 0. The molecule has 1 rings (SSSR count). The molecule has 0 aliphatic carbocycles. The predicted molar refractivity (Wildman–Crippen MR) is 59.6 cm³/mol. The van der Waals surface area contributed by atoms with Gasteiger partial charge in [0.25, 0.3) is 0 Å². The van der Waals surface area contributed by atoms with Gasteiger partial charge in [0.1, 0.15) is 0 Å². The molecule has 13 heavy (non-hydrogen) atoms. The summed E-state index contributed by atoms with van der Waals surface area (Å²) in [7, 11) is -3.28. The van der Waals surface area contributed by atoms with E-state index < -0.39 is 8.56 Å². The molecule has 0 saturated heterocycles. The zero-order valence-electron chi connectivity index (χ0n) is 6.07. The van der Waals surface area contributed by atoms with Crippen LogP contribution in [-0.2, 0) is 0 Å². The first kappa shape index (κ1) is 18.0. The fraction of sp³-hybridized carbons (Fsp3) is 0.143. The van der Waals surface area contributed by atoms with E-state index in [-0.39, 0.29) is 109 Å². The minimum atomic E-state index is -3.28. The Morgan fingerprint density at radius 3 is 1.92 bits per heavy atom. The zero-order valence-corrected chi connectivity index (χ0v) is 7.07. The van der Waals surface area contributed by atoms with Gasteiger partial charge >= 0.3 is 111 Å². The second kappa shape index (κ2) is 8.71. The third-order valence-electron chi connectivity index (χ3n) is 1.52.